The summed E-state index contributed by atoms with van der Waals surface area (Å²) in [7, 11) is 0. The topological polar surface area (TPSA) is 98.7 Å². The molecule has 1 aromatic carbocycles. The van der Waals surface area contributed by atoms with Crippen molar-refractivity contribution in [2.24, 2.45) is 0 Å². The third-order valence-corrected chi connectivity index (χ3v) is 4.41. The van der Waals surface area contributed by atoms with Crippen LogP contribution in [0.5, 0.6) is 0 Å². The first kappa shape index (κ1) is 23.3. The van der Waals surface area contributed by atoms with E-state index in [0.717, 1.165) is 23.6 Å². The predicted molar refractivity (Wildman–Crippen MR) is 109 cm³/mol. The number of nitrogens with one attached hydrogen (secondary N) is 2. The van der Waals surface area contributed by atoms with Gasteiger partial charge < -0.3 is 20.8 Å². The summed E-state index contributed by atoms with van der Waals surface area (Å²) < 4.78 is 0. The number of benzene rings is 1. The number of aliphatic carboxylic acids is 2. The van der Waals surface area contributed by atoms with Crippen LogP contribution in [0.25, 0.3) is 0 Å². The van der Waals surface area contributed by atoms with Gasteiger partial charge in [-0.05, 0) is 58.7 Å². The zero-order valence-electron chi connectivity index (χ0n) is 15.8. The van der Waals surface area contributed by atoms with Crippen LogP contribution in [0.4, 0.5) is 5.69 Å². The number of carboxylic acids is 2. The molecule has 150 valence electrons. The molecule has 1 aromatic rings. The van der Waals surface area contributed by atoms with E-state index in [4.69, 9.17) is 33.4 Å². The summed E-state index contributed by atoms with van der Waals surface area (Å²) in [6, 6.07) is 5.93. The Balaban J connectivity index is 0.000000387. The molecule has 1 fully saturated rings. The molecule has 0 saturated carbocycles. The molecule has 0 aromatic heterocycles. The molecule has 27 heavy (non-hydrogen) atoms. The number of piperidine rings is 1. The maximum absolute atomic E-state index is 9.55. The van der Waals surface area contributed by atoms with E-state index in [0.29, 0.717) is 23.2 Å². The second kappa shape index (κ2) is 9.44. The average molecular weight is 417 g/mol. The van der Waals surface area contributed by atoms with E-state index in [1.54, 1.807) is 0 Å². The van der Waals surface area contributed by atoms with E-state index in [1.807, 2.05) is 18.2 Å². The molecule has 4 N–H and O–H groups in total. The van der Waals surface area contributed by atoms with Gasteiger partial charge in [0.25, 0.3) is 0 Å². The van der Waals surface area contributed by atoms with Crippen LogP contribution >= 0.6 is 23.2 Å². The van der Waals surface area contributed by atoms with E-state index in [9.17, 15) is 9.59 Å². The van der Waals surface area contributed by atoms with Crippen LogP contribution in [0.15, 0.2) is 30.4 Å². The molecule has 0 amide bonds. The highest BCUT2D eigenvalue weighted by atomic mass is 35.5. The Morgan fingerprint density at radius 3 is 2.00 bits per heavy atom. The Bertz CT molecular complexity index is 686. The van der Waals surface area contributed by atoms with Crippen molar-refractivity contribution in [3.63, 3.8) is 0 Å². The van der Waals surface area contributed by atoms with Gasteiger partial charge in [0, 0.05) is 34.3 Å². The Labute approximate surface area is 169 Å². The van der Waals surface area contributed by atoms with Crippen molar-refractivity contribution in [2.45, 2.75) is 57.7 Å². The molecule has 0 spiro atoms. The van der Waals surface area contributed by atoms with Crippen LogP contribution in [0.1, 0.15) is 40.5 Å². The lowest BCUT2D eigenvalue weighted by Gasteiger charge is -2.47. The minimum absolute atomic E-state index is 0.116. The van der Waals surface area contributed by atoms with Crippen LogP contribution in [0, 0.1) is 0 Å². The quantitative estimate of drug-likeness (QED) is 0.541. The summed E-state index contributed by atoms with van der Waals surface area (Å²) in [5.41, 5.74) is 1.15. The second-order valence-corrected chi connectivity index (χ2v) is 8.62. The lowest BCUT2D eigenvalue weighted by molar-refractivity contribution is -0.134. The van der Waals surface area contributed by atoms with Crippen molar-refractivity contribution in [3.05, 3.63) is 40.4 Å². The molecule has 1 aliphatic heterocycles. The third kappa shape index (κ3) is 9.13. The van der Waals surface area contributed by atoms with Crippen molar-refractivity contribution in [2.75, 3.05) is 5.32 Å². The summed E-state index contributed by atoms with van der Waals surface area (Å²) in [5, 5.41) is 24.3. The normalized spacial score (nSPS) is 18.4. The summed E-state index contributed by atoms with van der Waals surface area (Å²) in [5.74, 6) is -2.51. The Morgan fingerprint density at radius 1 is 1.07 bits per heavy atom. The standard InChI is InChI=1S/C15H22Cl2N2.C4H4O4/c1-14(2)8-11(9-15(3,4)19-14)18-13-7-10(16)5-6-12(13)17;5-3(6)1-2-4(7)8/h5-7,11,18-19H,8-9H2,1-4H3;1-2H,(H,5,6)(H,7,8)/b;2-1+. The van der Waals surface area contributed by atoms with Gasteiger partial charge in [0.15, 0.2) is 0 Å². The van der Waals surface area contributed by atoms with Gasteiger partial charge in [-0.1, -0.05) is 23.2 Å². The fourth-order valence-electron chi connectivity index (χ4n) is 3.39. The molecule has 0 radical (unpaired) electrons. The van der Waals surface area contributed by atoms with Crippen LogP contribution in [0.3, 0.4) is 0 Å². The van der Waals surface area contributed by atoms with E-state index in [-0.39, 0.29) is 11.1 Å². The van der Waals surface area contributed by atoms with Gasteiger partial charge in [0.2, 0.25) is 0 Å². The summed E-state index contributed by atoms with van der Waals surface area (Å²) in [4.78, 5) is 19.1. The summed E-state index contributed by atoms with van der Waals surface area (Å²) >= 11 is 12.3. The van der Waals surface area contributed by atoms with Crippen LogP contribution in [-0.4, -0.2) is 39.3 Å². The fraction of sp³-hybridized carbons (Fsp3) is 0.474. The molecule has 0 unspecified atom stereocenters. The molecule has 6 nitrogen and oxygen atoms in total. The van der Waals surface area contributed by atoms with Gasteiger partial charge in [-0.25, -0.2) is 9.59 Å². The van der Waals surface area contributed by atoms with Crippen molar-refractivity contribution < 1.29 is 19.8 Å². The Morgan fingerprint density at radius 2 is 1.56 bits per heavy atom. The molecule has 0 aliphatic carbocycles. The van der Waals surface area contributed by atoms with Crippen LogP contribution in [0.2, 0.25) is 10.0 Å². The predicted octanol–water partition coefficient (Wildman–Crippen LogP) is 4.43. The van der Waals surface area contributed by atoms with E-state index in [1.165, 1.54) is 0 Å². The molecular formula is C19H26Cl2N2O4. The number of halogens is 2. The minimum atomic E-state index is -1.26. The smallest absolute Gasteiger partial charge is 0.328 e. The molecular weight excluding hydrogens is 391 g/mol. The monoisotopic (exact) mass is 416 g/mol. The molecule has 1 saturated heterocycles. The Hall–Kier alpha value is -1.76. The summed E-state index contributed by atoms with van der Waals surface area (Å²) in [6.45, 7) is 8.95. The highest BCUT2D eigenvalue weighted by Gasteiger charge is 2.37. The van der Waals surface area contributed by atoms with Gasteiger partial charge in [-0.3, -0.25) is 0 Å². The molecule has 8 heteroatoms. The maximum Gasteiger partial charge on any atom is 0.328 e. The maximum atomic E-state index is 9.55. The molecule has 0 bridgehead atoms. The number of carbonyl (C=O) groups is 2. The lowest BCUT2D eigenvalue weighted by Crippen LogP contribution is -2.60. The minimum Gasteiger partial charge on any atom is -0.478 e. The van der Waals surface area contributed by atoms with Gasteiger partial charge in [0.05, 0.1) is 10.7 Å². The zero-order chi connectivity index (χ0) is 20.8. The molecule has 2 rings (SSSR count). The zero-order valence-corrected chi connectivity index (χ0v) is 17.4. The van der Waals surface area contributed by atoms with Crippen molar-refractivity contribution in [1.29, 1.82) is 0 Å². The summed E-state index contributed by atoms with van der Waals surface area (Å²) in [6.07, 6.45) is 3.23. The fourth-order valence-corrected chi connectivity index (χ4v) is 3.74. The van der Waals surface area contributed by atoms with Crippen LogP contribution in [-0.2, 0) is 9.59 Å². The number of rotatable bonds is 4. The number of carboxylic acid groups (broad SMARTS) is 2. The van der Waals surface area contributed by atoms with Gasteiger partial charge in [-0.2, -0.15) is 0 Å². The average Bonchev–Trinajstić information content (AvgIpc) is 2.46. The highest BCUT2D eigenvalue weighted by Crippen LogP contribution is 2.33. The Kier molecular flexibility index (Phi) is 8.14. The van der Waals surface area contributed by atoms with Crippen molar-refractivity contribution in [1.82, 2.24) is 5.32 Å². The number of anilines is 1. The van der Waals surface area contributed by atoms with Crippen LogP contribution < -0.4 is 10.6 Å². The van der Waals surface area contributed by atoms with Gasteiger partial charge in [0.1, 0.15) is 0 Å². The highest BCUT2D eigenvalue weighted by molar-refractivity contribution is 6.35. The molecule has 1 aliphatic rings. The molecule has 0 atom stereocenters. The third-order valence-electron chi connectivity index (χ3n) is 3.85. The largest absolute Gasteiger partial charge is 0.478 e. The number of hydrogen-bond acceptors (Lipinski definition) is 4. The first-order chi connectivity index (χ1) is 12.3. The SMILES string of the molecule is CC1(C)CC(Nc2cc(Cl)ccc2Cl)CC(C)(C)N1.O=C(O)/C=C/C(=O)O. The van der Waals surface area contributed by atoms with E-state index < -0.39 is 11.9 Å². The van der Waals surface area contributed by atoms with Gasteiger partial charge >= 0.3 is 11.9 Å². The lowest BCUT2D eigenvalue weighted by atomic mass is 9.79. The first-order valence-corrected chi connectivity index (χ1v) is 9.20. The number of hydrogen-bond donors (Lipinski definition) is 4. The molecule has 1 heterocycles. The van der Waals surface area contributed by atoms with Gasteiger partial charge in [-0.15, -0.1) is 0 Å². The second-order valence-electron chi connectivity index (χ2n) is 7.78. The van der Waals surface area contributed by atoms with E-state index >= 15 is 0 Å². The first-order valence-electron chi connectivity index (χ1n) is 8.44. The van der Waals surface area contributed by atoms with Crippen molar-refractivity contribution >= 4 is 40.8 Å². The van der Waals surface area contributed by atoms with Crippen molar-refractivity contribution in [3.8, 4) is 0 Å². The van der Waals surface area contributed by atoms with E-state index in [2.05, 4.69) is 38.3 Å².